The van der Waals surface area contributed by atoms with Crippen LogP contribution in [0.3, 0.4) is 0 Å². The van der Waals surface area contributed by atoms with Crippen molar-refractivity contribution < 1.29 is 4.79 Å². The second-order valence-electron chi connectivity index (χ2n) is 5.49. The SMILES string of the molecule is CC1CN(C)CCN1C(=O)Nc1ccnn1C(C)C. The van der Waals surface area contributed by atoms with Gasteiger partial charge in [-0.05, 0) is 27.8 Å². The van der Waals surface area contributed by atoms with Crippen molar-refractivity contribution in [2.75, 3.05) is 32.0 Å². The topological polar surface area (TPSA) is 53.4 Å². The van der Waals surface area contributed by atoms with Crippen LogP contribution in [0, 0.1) is 0 Å². The second-order valence-corrected chi connectivity index (χ2v) is 5.49. The quantitative estimate of drug-likeness (QED) is 0.884. The van der Waals surface area contributed by atoms with E-state index in [2.05, 4.69) is 29.3 Å². The molecule has 1 N–H and O–H groups in total. The van der Waals surface area contributed by atoms with Crippen molar-refractivity contribution in [1.29, 1.82) is 0 Å². The zero-order chi connectivity index (χ0) is 14.0. The van der Waals surface area contributed by atoms with Gasteiger partial charge >= 0.3 is 6.03 Å². The van der Waals surface area contributed by atoms with Gasteiger partial charge in [-0.1, -0.05) is 0 Å². The molecule has 1 atom stereocenters. The molecular weight excluding hydrogens is 242 g/mol. The predicted octanol–water partition coefficient (Wildman–Crippen LogP) is 1.63. The van der Waals surface area contributed by atoms with Crippen LogP contribution in [0.5, 0.6) is 0 Å². The lowest BCUT2D eigenvalue weighted by Crippen LogP contribution is -2.54. The number of carbonyl (C=O) groups is 1. The van der Waals surface area contributed by atoms with Gasteiger partial charge in [0.05, 0.1) is 6.20 Å². The number of amides is 2. The van der Waals surface area contributed by atoms with Gasteiger partial charge in [-0.25, -0.2) is 9.48 Å². The van der Waals surface area contributed by atoms with Crippen LogP contribution in [0.4, 0.5) is 10.6 Å². The smallest absolute Gasteiger partial charge is 0.319 e. The van der Waals surface area contributed by atoms with Crippen molar-refractivity contribution in [1.82, 2.24) is 19.6 Å². The van der Waals surface area contributed by atoms with Gasteiger partial charge in [0, 0.05) is 37.8 Å². The number of anilines is 1. The van der Waals surface area contributed by atoms with Crippen LogP contribution in [-0.4, -0.2) is 58.3 Å². The maximum atomic E-state index is 12.3. The van der Waals surface area contributed by atoms with E-state index in [9.17, 15) is 4.79 Å². The van der Waals surface area contributed by atoms with Gasteiger partial charge in [0.15, 0.2) is 0 Å². The van der Waals surface area contributed by atoms with Gasteiger partial charge in [-0.15, -0.1) is 0 Å². The first kappa shape index (κ1) is 13.9. The minimum atomic E-state index is -0.0389. The molecule has 1 fully saturated rings. The Morgan fingerprint density at radius 1 is 1.47 bits per heavy atom. The summed E-state index contributed by atoms with van der Waals surface area (Å²) in [6.07, 6.45) is 1.71. The van der Waals surface area contributed by atoms with Gasteiger partial charge in [0.2, 0.25) is 0 Å². The summed E-state index contributed by atoms with van der Waals surface area (Å²) in [5.74, 6) is 0.756. The van der Waals surface area contributed by atoms with Crippen molar-refractivity contribution >= 4 is 11.8 Å². The highest BCUT2D eigenvalue weighted by Gasteiger charge is 2.26. The molecule has 0 radical (unpaired) electrons. The Balaban J connectivity index is 2.03. The van der Waals surface area contributed by atoms with E-state index in [0.29, 0.717) is 0 Å². The summed E-state index contributed by atoms with van der Waals surface area (Å²) in [5, 5.41) is 7.18. The van der Waals surface area contributed by atoms with Crippen molar-refractivity contribution in [2.45, 2.75) is 32.9 Å². The molecule has 0 saturated carbocycles. The molecule has 19 heavy (non-hydrogen) atoms. The van der Waals surface area contributed by atoms with E-state index in [0.717, 1.165) is 25.5 Å². The summed E-state index contributed by atoms with van der Waals surface area (Å²) < 4.78 is 1.82. The highest BCUT2D eigenvalue weighted by molar-refractivity contribution is 5.88. The van der Waals surface area contributed by atoms with Crippen LogP contribution in [0.25, 0.3) is 0 Å². The number of carbonyl (C=O) groups excluding carboxylic acids is 1. The second kappa shape index (κ2) is 5.61. The van der Waals surface area contributed by atoms with E-state index in [1.54, 1.807) is 6.20 Å². The van der Waals surface area contributed by atoms with Crippen LogP contribution in [-0.2, 0) is 0 Å². The lowest BCUT2D eigenvalue weighted by atomic mass is 10.2. The average molecular weight is 265 g/mol. The number of likely N-dealkylation sites (N-methyl/N-ethyl adjacent to an activating group) is 1. The van der Waals surface area contributed by atoms with Crippen LogP contribution >= 0.6 is 0 Å². The molecule has 106 valence electrons. The van der Waals surface area contributed by atoms with Gasteiger partial charge in [0.25, 0.3) is 0 Å². The van der Waals surface area contributed by atoms with Crippen LogP contribution in [0.1, 0.15) is 26.8 Å². The number of piperazine rings is 1. The number of urea groups is 1. The fraction of sp³-hybridized carbons (Fsp3) is 0.692. The molecule has 0 bridgehead atoms. The Morgan fingerprint density at radius 2 is 2.21 bits per heavy atom. The van der Waals surface area contributed by atoms with Crippen molar-refractivity contribution in [3.8, 4) is 0 Å². The largest absolute Gasteiger partial charge is 0.323 e. The highest BCUT2D eigenvalue weighted by Crippen LogP contribution is 2.15. The maximum Gasteiger partial charge on any atom is 0.323 e. The first-order valence-corrected chi connectivity index (χ1v) is 6.78. The van der Waals surface area contributed by atoms with E-state index in [4.69, 9.17) is 0 Å². The number of hydrogen-bond acceptors (Lipinski definition) is 3. The third-order valence-electron chi connectivity index (χ3n) is 3.49. The molecule has 0 aromatic carbocycles. The zero-order valence-electron chi connectivity index (χ0n) is 12.1. The van der Waals surface area contributed by atoms with E-state index < -0.39 is 0 Å². The lowest BCUT2D eigenvalue weighted by Gasteiger charge is -2.38. The molecule has 0 aliphatic carbocycles. The van der Waals surface area contributed by atoms with Crippen molar-refractivity contribution in [3.63, 3.8) is 0 Å². The Labute approximate surface area is 114 Å². The molecule has 2 rings (SSSR count). The number of hydrogen-bond donors (Lipinski definition) is 1. The predicted molar refractivity (Wildman–Crippen MR) is 75.3 cm³/mol. The lowest BCUT2D eigenvalue weighted by molar-refractivity contribution is 0.125. The maximum absolute atomic E-state index is 12.3. The number of nitrogens with zero attached hydrogens (tertiary/aromatic N) is 4. The highest BCUT2D eigenvalue weighted by atomic mass is 16.2. The molecule has 1 saturated heterocycles. The minimum Gasteiger partial charge on any atom is -0.319 e. The number of nitrogens with one attached hydrogen (secondary N) is 1. The molecule has 0 spiro atoms. The Hall–Kier alpha value is -1.56. The third-order valence-corrected chi connectivity index (χ3v) is 3.49. The fourth-order valence-corrected chi connectivity index (χ4v) is 2.45. The number of rotatable bonds is 2. The number of aromatic nitrogens is 2. The summed E-state index contributed by atoms with van der Waals surface area (Å²) >= 11 is 0. The standard InChI is InChI=1S/C13H23N5O/c1-10(2)18-12(5-6-14-18)15-13(19)17-8-7-16(4)9-11(17)3/h5-6,10-11H,7-9H2,1-4H3,(H,15,19). The molecule has 1 unspecified atom stereocenters. The van der Waals surface area contributed by atoms with Crippen LogP contribution in [0.15, 0.2) is 12.3 Å². The average Bonchev–Trinajstić information content (AvgIpc) is 2.76. The van der Waals surface area contributed by atoms with Gasteiger partial charge in [-0.3, -0.25) is 5.32 Å². The van der Waals surface area contributed by atoms with E-state index >= 15 is 0 Å². The van der Waals surface area contributed by atoms with Crippen LogP contribution < -0.4 is 5.32 Å². The van der Waals surface area contributed by atoms with Gasteiger partial charge in [0.1, 0.15) is 5.82 Å². The summed E-state index contributed by atoms with van der Waals surface area (Å²) in [7, 11) is 2.08. The van der Waals surface area contributed by atoms with Crippen LogP contribution in [0.2, 0.25) is 0 Å². The Kier molecular flexibility index (Phi) is 4.09. The molecule has 1 aliphatic rings. The zero-order valence-corrected chi connectivity index (χ0v) is 12.1. The molecule has 2 heterocycles. The van der Waals surface area contributed by atoms with Gasteiger partial charge in [-0.2, -0.15) is 5.10 Å². The summed E-state index contributed by atoms with van der Waals surface area (Å²) in [5.41, 5.74) is 0. The first-order chi connectivity index (χ1) is 8.99. The monoisotopic (exact) mass is 265 g/mol. The van der Waals surface area contributed by atoms with E-state index in [1.165, 1.54) is 0 Å². The normalized spacial score (nSPS) is 20.9. The molecule has 1 aliphatic heterocycles. The molecule has 2 amide bonds. The van der Waals surface area contributed by atoms with E-state index in [-0.39, 0.29) is 18.1 Å². The fourth-order valence-electron chi connectivity index (χ4n) is 2.45. The first-order valence-electron chi connectivity index (χ1n) is 6.78. The molecule has 6 heteroatoms. The Morgan fingerprint density at radius 3 is 2.84 bits per heavy atom. The molecule has 6 nitrogen and oxygen atoms in total. The Bertz CT molecular complexity index is 442. The summed E-state index contributed by atoms with van der Waals surface area (Å²) in [6, 6.07) is 2.26. The molecular formula is C13H23N5O. The van der Waals surface area contributed by atoms with Gasteiger partial charge < -0.3 is 9.80 Å². The third kappa shape index (κ3) is 3.07. The summed E-state index contributed by atoms with van der Waals surface area (Å²) in [4.78, 5) is 16.4. The van der Waals surface area contributed by atoms with Crippen molar-refractivity contribution in [3.05, 3.63) is 12.3 Å². The van der Waals surface area contributed by atoms with Crippen molar-refractivity contribution in [2.24, 2.45) is 0 Å². The molecule has 1 aromatic heterocycles. The van der Waals surface area contributed by atoms with E-state index in [1.807, 2.05) is 29.5 Å². The summed E-state index contributed by atoms with van der Waals surface area (Å²) in [6.45, 7) is 8.76. The minimum absolute atomic E-state index is 0.0389. The molecule has 1 aromatic rings.